The van der Waals surface area contributed by atoms with E-state index in [0.717, 1.165) is 4.68 Å². The Morgan fingerprint density at radius 3 is 2.52 bits per heavy atom. The molecule has 0 saturated heterocycles. The van der Waals surface area contributed by atoms with E-state index in [1.165, 1.54) is 12.4 Å². The molecule has 1 fully saturated rings. The summed E-state index contributed by atoms with van der Waals surface area (Å²) < 4.78 is 37.5. The van der Waals surface area contributed by atoms with Gasteiger partial charge in [-0.05, 0) is 25.7 Å². The van der Waals surface area contributed by atoms with Crippen LogP contribution >= 0.6 is 0 Å². The number of hydrogen-bond donors (Lipinski definition) is 2. The van der Waals surface area contributed by atoms with Gasteiger partial charge in [-0.2, -0.15) is 18.3 Å². The number of carbonyl (C=O) groups excluding carboxylic acids is 1. The molecule has 9 heteroatoms. The van der Waals surface area contributed by atoms with Gasteiger partial charge in [0.15, 0.2) is 0 Å². The van der Waals surface area contributed by atoms with Crippen LogP contribution in [0.25, 0.3) is 0 Å². The molecule has 0 aliphatic heterocycles. The fraction of sp³-hybridized carbons (Fsp3) is 0.643. The van der Waals surface area contributed by atoms with Gasteiger partial charge in [0.2, 0.25) is 0 Å². The lowest BCUT2D eigenvalue weighted by Crippen LogP contribution is -2.38. The Balaban J connectivity index is 1.82. The molecule has 0 aromatic carbocycles. The highest BCUT2D eigenvalue weighted by Crippen LogP contribution is 2.24. The minimum Gasteiger partial charge on any atom is -0.481 e. The molecule has 6 nitrogen and oxygen atoms in total. The van der Waals surface area contributed by atoms with Crippen molar-refractivity contribution in [2.45, 2.75) is 50.9 Å². The van der Waals surface area contributed by atoms with Crippen molar-refractivity contribution in [3.05, 3.63) is 18.0 Å². The van der Waals surface area contributed by atoms with Crippen LogP contribution in [0.5, 0.6) is 0 Å². The number of alkyl halides is 3. The van der Waals surface area contributed by atoms with Gasteiger partial charge in [0, 0.05) is 18.8 Å². The number of carboxylic acid groups (broad SMARTS) is 1. The molecule has 1 heterocycles. The van der Waals surface area contributed by atoms with E-state index in [-0.39, 0.29) is 24.1 Å². The number of rotatable bonds is 5. The number of hydrogen-bond acceptors (Lipinski definition) is 3. The minimum atomic E-state index is -4.27. The largest absolute Gasteiger partial charge is 0.481 e. The van der Waals surface area contributed by atoms with Crippen LogP contribution in [0, 0.1) is 5.92 Å². The predicted octanol–water partition coefficient (Wildman–Crippen LogP) is 2.21. The first-order chi connectivity index (χ1) is 10.7. The molecule has 0 unspecified atom stereocenters. The summed E-state index contributed by atoms with van der Waals surface area (Å²) in [5, 5.41) is 15.4. The van der Waals surface area contributed by atoms with E-state index in [0.29, 0.717) is 25.7 Å². The van der Waals surface area contributed by atoms with Crippen molar-refractivity contribution < 1.29 is 27.9 Å². The number of amides is 1. The highest BCUT2D eigenvalue weighted by Gasteiger charge is 2.28. The molecule has 0 radical (unpaired) electrons. The third-order valence-electron chi connectivity index (χ3n) is 3.93. The predicted molar refractivity (Wildman–Crippen MR) is 73.7 cm³/mol. The van der Waals surface area contributed by atoms with Crippen molar-refractivity contribution in [1.82, 2.24) is 15.1 Å². The first-order valence-electron chi connectivity index (χ1n) is 7.37. The monoisotopic (exact) mass is 333 g/mol. The maximum atomic E-state index is 12.1. The fourth-order valence-electron chi connectivity index (χ4n) is 2.60. The Morgan fingerprint density at radius 2 is 1.96 bits per heavy atom. The summed E-state index contributed by atoms with van der Waals surface area (Å²) in [5.74, 6) is -1.59. The van der Waals surface area contributed by atoms with Crippen LogP contribution in [0.3, 0.4) is 0 Å². The number of nitrogens with one attached hydrogen (secondary N) is 1. The summed E-state index contributed by atoms with van der Waals surface area (Å²) in [5.41, 5.74) is 0.201. The lowest BCUT2D eigenvalue weighted by molar-refractivity contribution is -0.143. The van der Waals surface area contributed by atoms with Gasteiger partial charge in [0.25, 0.3) is 5.91 Å². The van der Waals surface area contributed by atoms with Crippen molar-refractivity contribution >= 4 is 11.9 Å². The first kappa shape index (κ1) is 17.3. The van der Waals surface area contributed by atoms with Crippen molar-refractivity contribution in [1.29, 1.82) is 0 Å². The quantitative estimate of drug-likeness (QED) is 0.865. The summed E-state index contributed by atoms with van der Waals surface area (Å²) in [6, 6.07) is -0.114. The van der Waals surface area contributed by atoms with Crippen LogP contribution in [-0.2, 0) is 11.3 Å². The second-order valence-electron chi connectivity index (χ2n) is 5.72. The third kappa shape index (κ3) is 5.26. The third-order valence-corrected chi connectivity index (χ3v) is 3.93. The highest BCUT2D eigenvalue weighted by atomic mass is 19.4. The van der Waals surface area contributed by atoms with Crippen molar-refractivity contribution in [2.24, 2.45) is 5.92 Å². The maximum Gasteiger partial charge on any atom is 0.390 e. The van der Waals surface area contributed by atoms with Gasteiger partial charge in [-0.1, -0.05) is 0 Å². The van der Waals surface area contributed by atoms with E-state index >= 15 is 0 Å². The van der Waals surface area contributed by atoms with Crippen molar-refractivity contribution in [2.75, 3.05) is 0 Å². The van der Waals surface area contributed by atoms with Crippen LogP contribution in [0.15, 0.2) is 12.4 Å². The standard InChI is InChI=1S/C14H18F3N3O3/c15-14(16,17)5-6-20-8-10(7-18-20)12(21)19-11-3-1-9(2-4-11)13(22)23/h7-9,11H,1-6H2,(H,19,21)(H,22,23). The molecule has 0 bridgehead atoms. The van der Waals surface area contributed by atoms with Crippen LogP contribution in [-0.4, -0.2) is 39.0 Å². The molecular weight excluding hydrogens is 315 g/mol. The normalized spacial score (nSPS) is 21.9. The summed E-state index contributed by atoms with van der Waals surface area (Å²) in [7, 11) is 0. The van der Waals surface area contributed by atoms with Crippen LogP contribution in [0.2, 0.25) is 0 Å². The zero-order valence-electron chi connectivity index (χ0n) is 12.3. The summed E-state index contributed by atoms with van der Waals surface area (Å²) in [6.07, 6.45) is -0.600. The van der Waals surface area contributed by atoms with Gasteiger partial charge in [-0.15, -0.1) is 0 Å². The zero-order valence-corrected chi connectivity index (χ0v) is 12.3. The van der Waals surface area contributed by atoms with Gasteiger partial charge in [-0.25, -0.2) is 0 Å². The molecule has 1 saturated carbocycles. The molecule has 0 atom stereocenters. The number of aliphatic carboxylic acids is 1. The number of halogens is 3. The van der Waals surface area contributed by atoms with Gasteiger partial charge in [-0.3, -0.25) is 14.3 Å². The van der Waals surface area contributed by atoms with E-state index < -0.39 is 24.5 Å². The second kappa shape index (κ2) is 7.01. The highest BCUT2D eigenvalue weighted by molar-refractivity contribution is 5.93. The maximum absolute atomic E-state index is 12.1. The number of aromatic nitrogens is 2. The van der Waals surface area contributed by atoms with Crippen molar-refractivity contribution in [3.63, 3.8) is 0 Å². The zero-order chi connectivity index (χ0) is 17.0. The number of nitrogens with zero attached hydrogens (tertiary/aromatic N) is 2. The average molecular weight is 333 g/mol. The molecular formula is C14H18F3N3O3. The summed E-state index contributed by atoms with van der Waals surface area (Å²) in [4.78, 5) is 22.9. The molecule has 128 valence electrons. The summed E-state index contributed by atoms with van der Waals surface area (Å²) in [6.45, 7) is -0.333. The number of carbonyl (C=O) groups is 2. The molecule has 1 aliphatic carbocycles. The Hall–Kier alpha value is -2.06. The lowest BCUT2D eigenvalue weighted by atomic mass is 9.86. The van der Waals surface area contributed by atoms with Crippen LogP contribution in [0.1, 0.15) is 42.5 Å². The van der Waals surface area contributed by atoms with Crippen LogP contribution in [0.4, 0.5) is 13.2 Å². The summed E-state index contributed by atoms with van der Waals surface area (Å²) >= 11 is 0. The van der Waals surface area contributed by atoms with E-state index in [1.54, 1.807) is 0 Å². The molecule has 2 N–H and O–H groups in total. The van der Waals surface area contributed by atoms with E-state index in [9.17, 15) is 22.8 Å². The first-order valence-corrected chi connectivity index (χ1v) is 7.37. The van der Waals surface area contributed by atoms with E-state index in [4.69, 9.17) is 5.11 Å². The Bertz CT molecular complexity index is 563. The fourth-order valence-corrected chi connectivity index (χ4v) is 2.60. The van der Waals surface area contributed by atoms with Crippen LogP contribution < -0.4 is 5.32 Å². The van der Waals surface area contributed by atoms with Gasteiger partial charge in [0.1, 0.15) is 0 Å². The molecule has 23 heavy (non-hydrogen) atoms. The topological polar surface area (TPSA) is 84.2 Å². The Labute approximate surface area is 130 Å². The lowest BCUT2D eigenvalue weighted by Gasteiger charge is -2.26. The molecule has 1 aliphatic rings. The number of aryl methyl sites for hydroxylation is 1. The molecule has 1 aromatic rings. The molecule has 2 rings (SSSR count). The van der Waals surface area contributed by atoms with Gasteiger partial charge >= 0.3 is 12.1 Å². The minimum absolute atomic E-state index is 0.114. The van der Waals surface area contributed by atoms with Gasteiger partial charge in [0.05, 0.1) is 24.1 Å². The SMILES string of the molecule is O=C(NC1CCC(C(=O)O)CC1)c1cnn(CCC(F)(F)F)c1. The Morgan fingerprint density at radius 1 is 1.30 bits per heavy atom. The average Bonchev–Trinajstić information content (AvgIpc) is 2.94. The molecule has 1 aromatic heterocycles. The van der Waals surface area contributed by atoms with E-state index in [1.807, 2.05) is 0 Å². The van der Waals surface area contributed by atoms with Crippen molar-refractivity contribution in [3.8, 4) is 0 Å². The Kier molecular flexibility index (Phi) is 5.27. The molecule has 1 amide bonds. The van der Waals surface area contributed by atoms with E-state index in [2.05, 4.69) is 10.4 Å². The number of carboxylic acids is 1. The second-order valence-corrected chi connectivity index (χ2v) is 5.72. The van der Waals surface area contributed by atoms with Gasteiger partial charge < -0.3 is 10.4 Å². The smallest absolute Gasteiger partial charge is 0.390 e. The molecule has 0 spiro atoms.